The van der Waals surface area contributed by atoms with Gasteiger partial charge in [0, 0.05) is 37.3 Å². The molecule has 3 heterocycles. The topological polar surface area (TPSA) is 69.0 Å². The van der Waals surface area contributed by atoms with Crippen LogP contribution in [0.3, 0.4) is 0 Å². The van der Waals surface area contributed by atoms with Gasteiger partial charge in [-0.15, -0.1) is 21.5 Å². The van der Waals surface area contributed by atoms with E-state index >= 15 is 0 Å². The third-order valence-electron chi connectivity index (χ3n) is 3.95. The summed E-state index contributed by atoms with van der Waals surface area (Å²) in [6.07, 6.45) is 3.29. The van der Waals surface area contributed by atoms with Gasteiger partial charge in [-0.1, -0.05) is 11.8 Å². The summed E-state index contributed by atoms with van der Waals surface area (Å²) in [6.45, 7) is 3.42. The normalized spacial score (nSPS) is 17.3. The lowest BCUT2D eigenvalue weighted by Gasteiger charge is -2.08. The summed E-state index contributed by atoms with van der Waals surface area (Å²) in [5.74, 6) is 1.77. The molecule has 6 nitrogen and oxygen atoms in total. The monoisotopic (exact) mass is 366 g/mol. The van der Waals surface area contributed by atoms with E-state index in [1.807, 2.05) is 30.7 Å². The van der Waals surface area contributed by atoms with Crippen molar-refractivity contribution in [2.45, 2.75) is 37.4 Å². The van der Waals surface area contributed by atoms with Crippen molar-refractivity contribution in [3.8, 4) is 0 Å². The summed E-state index contributed by atoms with van der Waals surface area (Å²) in [5.41, 5.74) is 0. The van der Waals surface area contributed by atoms with Crippen LogP contribution in [-0.4, -0.2) is 45.7 Å². The van der Waals surface area contributed by atoms with Crippen LogP contribution in [0.2, 0.25) is 0 Å². The molecule has 1 saturated heterocycles. The van der Waals surface area contributed by atoms with Crippen LogP contribution in [0.4, 0.5) is 0 Å². The zero-order valence-electron chi connectivity index (χ0n) is 13.9. The van der Waals surface area contributed by atoms with E-state index < -0.39 is 0 Å². The average molecular weight is 367 g/mol. The van der Waals surface area contributed by atoms with Gasteiger partial charge in [-0.3, -0.25) is 4.79 Å². The van der Waals surface area contributed by atoms with Crippen molar-refractivity contribution in [1.82, 2.24) is 20.1 Å². The van der Waals surface area contributed by atoms with Crippen molar-refractivity contribution in [3.05, 3.63) is 27.7 Å². The lowest BCUT2D eigenvalue weighted by molar-refractivity contribution is 0.0958. The molecule has 1 N–H and O–H groups in total. The van der Waals surface area contributed by atoms with Gasteiger partial charge in [0.15, 0.2) is 5.16 Å². The van der Waals surface area contributed by atoms with E-state index in [4.69, 9.17) is 4.74 Å². The first-order chi connectivity index (χ1) is 11.6. The SMILES string of the molecule is Cc1ccc(C(=O)NCCc2nnc(SC[C@H]3CCCO3)n2C)s1. The molecule has 24 heavy (non-hydrogen) atoms. The Hall–Kier alpha value is -1.38. The summed E-state index contributed by atoms with van der Waals surface area (Å²) < 4.78 is 7.63. The van der Waals surface area contributed by atoms with Gasteiger partial charge < -0.3 is 14.6 Å². The first-order valence-corrected chi connectivity index (χ1v) is 9.91. The molecular weight excluding hydrogens is 344 g/mol. The fraction of sp³-hybridized carbons (Fsp3) is 0.562. The standard InChI is InChI=1S/C16H22N4O2S2/c1-11-5-6-13(24-11)15(21)17-8-7-14-18-19-16(20(14)2)23-10-12-4-3-9-22-12/h5-6,12H,3-4,7-10H2,1-2H3,(H,17,21)/t12-/m1/s1. The van der Waals surface area contributed by atoms with Gasteiger partial charge in [-0.05, 0) is 31.9 Å². The van der Waals surface area contributed by atoms with E-state index in [1.165, 1.54) is 11.3 Å². The van der Waals surface area contributed by atoms with Crippen LogP contribution in [0, 0.1) is 6.92 Å². The number of thioether (sulfide) groups is 1. The van der Waals surface area contributed by atoms with Gasteiger partial charge in [0.1, 0.15) is 5.82 Å². The van der Waals surface area contributed by atoms with Crippen LogP contribution in [0.15, 0.2) is 17.3 Å². The zero-order valence-corrected chi connectivity index (χ0v) is 15.6. The van der Waals surface area contributed by atoms with Gasteiger partial charge in [-0.2, -0.15) is 0 Å². The number of ether oxygens (including phenoxy) is 1. The van der Waals surface area contributed by atoms with Crippen LogP contribution in [0.25, 0.3) is 0 Å². The van der Waals surface area contributed by atoms with E-state index in [0.29, 0.717) is 19.1 Å². The van der Waals surface area contributed by atoms with Crippen molar-refractivity contribution in [2.75, 3.05) is 18.9 Å². The number of hydrogen-bond acceptors (Lipinski definition) is 6. The molecule has 0 aliphatic carbocycles. The highest BCUT2D eigenvalue weighted by molar-refractivity contribution is 7.99. The molecule has 1 atom stereocenters. The van der Waals surface area contributed by atoms with Gasteiger partial charge in [0.2, 0.25) is 0 Å². The van der Waals surface area contributed by atoms with E-state index in [9.17, 15) is 4.79 Å². The van der Waals surface area contributed by atoms with Crippen LogP contribution < -0.4 is 5.32 Å². The number of rotatable bonds is 7. The summed E-state index contributed by atoms with van der Waals surface area (Å²) in [6, 6.07) is 3.82. The number of amides is 1. The van der Waals surface area contributed by atoms with Gasteiger partial charge >= 0.3 is 0 Å². The highest BCUT2D eigenvalue weighted by atomic mass is 32.2. The highest BCUT2D eigenvalue weighted by Gasteiger charge is 2.18. The third-order valence-corrected chi connectivity index (χ3v) is 6.10. The first-order valence-electron chi connectivity index (χ1n) is 8.11. The lowest BCUT2D eigenvalue weighted by atomic mass is 10.3. The summed E-state index contributed by atoms with van der Waals surface area (Å²) in [4.78, 5) is 13.9. The number of nitrogens with zero attached hydrogens (tertiary/aromatic N) is 3. The molecule has 0 spiro atoms. The Bertz CT molecular complexity index is 692. The Morgan fingerprint density at radius 2 is 2.38 bits per heavy atom. The molecule has 2 aromatic heterocycles. The molecule has 1 aliphatic rings. The fourth-order valence-corrected chi connectivity index (χ4v) is 4.34. The number of carbonyl (C=O) groups excluding carboxylic acids is 1. The molecule has 2 aromatic rings. The van der Waals surface area contributed by atoms with Gasteiger partial charge in [-0.25, -0.2) is 0 Å². The molecule has 0 unspecified atom stereocenters. The lowest BCUT2D eigenvalue weighted by Crippen LogP contribution is -2.25. The number of aryl methyl sites for hydroxylation is 1. The molecule has 1 amide bonds. The molecule has 0 bridgehead atoms. The maximum atomic E-state index is 12.0. The Kier molecular flexibility index (Phi) is 5.91. The highest BCUT2D eigenvalue weighted by Crippen LogP contribution is 2.22. The van der Waals surface area contributed by atoms with Gasteiger partial charge in [0.05, 0.1) is 11.0 Å². The summed E-state index contributed by atoms with van der Waals surface area (Å²) in [5, 5.41) is 12.3. The van der Waals surface area contributed by atoms with E-state index in [0.717, 1.165) is 45.9 Å². The zero-order chi connectivity index (χ0) is 16.9. The average Bonchev–Trinajstić information content (AvgIpc) is 3.29. The molecule has 3 rings (SSSR count). The van der Waals surface area contributed by atoms with Crippen LogP contribution >= 0.6 is 23.1 Å². The largest absolute Gasteiger partial charge is 0.377 e. The summed E-state index contributed by atoms with van der Waals surface area (Å²) in [7, 11) is 1.97. The smallest absolute Gasteiger partial charge is 0.261 e. The van der Waals surface area contributed by atoms with Crippen LogP contribution in [0.1, 0.15) is 33.2 Å². The molecule has 0 radical (unpaired) electrons. The van der Waals surface area contributed by atoms with Crippen LogP contribution in [-0.2, 0) is 18.2 Å². The molecule has 1 fully saturated rings. The molecular formula is C16H22N4O2S2. The second-order valence-electron chi connectivity index (χ2n) is 5.82. The number of hydrogen-bond donors (Lipinski definition) is 1. The maximum Gasteiger partial charge on any atom is 0.261 e. The van der Waals surface area contributed by atoms with Crippen molar-refractivity contribution in [2.24, 2.45) is 7.05 Å². The van der Waals surface area contributed by atoms with Crippen molar-refractivity contribution in [3.63, 3.8) is 0 Å². The van der Waals surface area contributed by atoms with E-state index in [1.54, 1.807) is 11.8 Å². The minimum Gasteiger partial charge on any atom is -0.377 e. The quantitative estimate of drug-likeness (QED) is 0.762. The number of carbonyl (C=O) groups is 1. The van der Waals surface area contributed by atoms with Gasteiger partial charge in [0.25, 0.3) is 5.91 Å². The van der Waals surface area contributed by atoms with Crippen molar-refractivity contribution >= 4 is 29.0 Å². The number of nitrogens with one attached hydrogen (secondary N) is 1. The Labute approximate surface area is 150 Å². The predicted octanol–water partition coefficient (Wildman–Crippen LogP) is 2.43. The molecule has 1 aliphatic heterocycles. The third kappa shape index (κ3) is 4.37. The Morgan fingerprint density at radius 3 is 3.08 bits per heavy atom. The molecule has 0 saturated carbocycles. The second kappa shape index (κ2) is 8.13. The number of thiophene rings is 1. The minimum atomic E-state index is -0.0248. The van der Waals surface area contributed by atoms with E-state index in [-0.39, 0.29) is 5.91 Å². The van der Waals surface area contributed by atoms with Crippen LogP contribution in [0.5, 0.6) is 0 Å². The number of aromatic nitrogens is 3. The Morgan fingerprint density at radius 1 is 1.50 bits per heavy atom. The van der Waals surface area contributed by atoms with Crippen molar-refractivity contribution < 1.29 is 9.53 Å². The first kappa shape index (κ1) is 17.4. The Balaban J connectivity index is 1.46. The second-order valence-corrected chi connectivity index (χ2v) is 8.10. The summed E-state index contributed by atoms with van der Waals surface area (Å²) >= 11 is 3.19. The maximum absolute atomic E-state index is 12.0. The molecule has 0 aromatic carbocycles. The predicted molar refractivity (Wildman–Crippen MR) is 95.8 cm³/mol. The van der Waals surface area contributed by atoms with Crippen molar-refractivity contribution in [1.29, 1.82) is 0 Å². The van der Waals surface area contributed by atoms with E-state index in [2.05, 4.69) is 15.5 Å². The molecule has 130 valence electrons. The fourth-order valence-electron chi connectivity index (χ4n) is 2.56. The minimum absolute atomic E-state index is 0.0248. The molecule has 8 heteroatoms.